The zero-order valence-electron chi connectivity index (χ0n) is 11.1. The van der Waals surface area contributed by atoms with Gasteiger partial charge in [0, 0.05) is 18.0 Å². The van der Waals surface area contributed by atoms with Crippen LogP contribution in [0, 0.1) is 0 Å². The second-order valence-electron chi connectivity index (χ2n) is 5.67. The first-order valence-corrected chi connectivity index (χ1v) is 6.32. The maximum Gasteiger partial charge on any atom is 0.233 e. The van der Waals surface area contributed by atoms with E-state index in [9.17, 15) is 4.39 Å². The number of nitrogens with one attached hydrogen (secondary N) is 1. The molecule has 1 aliphatic heterocycles. The quantitative estimate of drug-likeness (QED) is 0.874. The van der Waals surface area contributed by atoms with Gasteiger partial charge in [0.25, 0.3) is 0 Å². The molecular weight excluding hydrogens is 233 g/mol. The second-order valence-corrected chi connectivity index (χ2v) is 5.67. The van der Waals surface area contributed by atoms with Crippen molar-refractivity contribution < 1.29 is 9.13 Å². The molecule has 18 heavy (non-hydrogen) atoms. The van der Waals surface area contributed by atoms with Crippen LogP contribution in [0.25, 0.3) is 0 Å². The van der Waals surface area contributed by atoms with Gasteiger partial charge in [-0.25, -0.2) is 4.39 Å². The molecule has 2 heterocycles. The molecule has 0 radical (unpaired) electrons. The van der Waals surface area contributed by atoms with E-state index in [0.29, 0.717) is 25.4 Å². The molecule has 0 bridgehead atoms. The maximum absolute atomic E-state index is 13.6. The standard InChI is InChI=1S/C13H20FN3O/c1-13(2,3)11-4-5-12(17-16-11)18-10-8-15-7-6-9(10)14/h4-5,9-10,15H,6-8H2,1-3H3/t9-,10-/m0/s1. The van der Waals surface area contributed by atoms with Gasteiger partial charge in [0.15, 0.2) is 0 Å². The summed E-state index contributed by atoms with van der Waals surface area (Å²) >= 11 is 0. The van der Waals surface area contributed by atoms with E-state index in [0.717, 1.165) is 5.69 Å². The molecule has 1 N–H and O–H groups in total. The summed E-state index contributed by atoms with van der Waals surface area (Å²) in [4.78, 5) is 0. The number of halogens is 1. The number of ether oxygens (including phenoxy) is 1. The van der Waals surface area contributed by atoms with Crippen LogP contribution in [0.4, 0.5) is 4.39 Å². The first kappa shape index (κ1) is 13.2. The summed E-state index contributed by atoms with van der Waals surface area (Å²) in [5.74, 6) is 0.388. The molecule has 0 saturated carbocycles. The molecule has 0 unspecified atom stereocenters. The van der Waals surface area contributed by atoms with Gasteiger partial charge in [-0.1, -0.05) is 20.8 Å². The van der Waals surface area contributed by atoms with Gasteiger partial charge < -0.3 is 10.1 Å². The number of aromatic nitrogens is 2. The van der Waals surface area contributed by atoms with E-state index in [1.54, 1.807) is 6.07 Å². The van der Waals surface area contributed by atoms with Gasteiger partial charge in [-0.15, -0.1) is 5.10 Å². The van der Waals surface area contributed by atoms with Gasteiger partial charge in [-0.2, -0.15) is 5.10 Å². The molecule has 5 heteroatoms. The molecule has 1 saturated heterocycles. The Labute approximate surface area is 107 Å². The van der Waals surface area contributed by atoms with Crippen LogP contribution in [0.15, 0.2) is 12.1 Å². The highest BCUT2D eigenvalue weighted by Crippen LogP contribution is 2.21. The van der Waals surface area contributed by atoms with Crippen molar-refractivity contribution in [1.29, 1.82) is 0 Å². The summed E-state index contributed by atoms with van der Waals surface area (Å²) in [6, 6.07) is 3.64. The minimum Gasteiger partial charge on any atom is -0.469 e. The Morgan fingerprint density at radius 3 is 2.67 bits per heavy atom. The molecule has 0 spiro atoms. The van der Waals surface area contributed by atoms with Crippen LogP contribution in [-0.2, 0) is 5.41 Å². The number of alkyl halides is 1. The Balaban J connectivity index is 2.02. The van der Waals surface area contributed by atoms with E-state index in [2.05, 4.69) is 36.3 Å². The van der Waals surface area contributed by atoms with Gasteiger partial charge in [-0.3, -0.25) is 0 Å². The van der Waals surface area contributed by atoms with Gasteiger partial charge >= 0.3 is 0 Å². The first-order chi connectivity index (χ1) is 8.47. The Kier molecular flexibility index (Phi) is 3.80. The van der Waals surface area contributed by atoms with E-state index in [1.165, 1.54) is 0 Å². The lowest BCUT2D eigenvalue weighted by atomic mass is 9.92. The van der Waals surface area contributed by atoms with Crippen LogP contribution < -0.4 is 10.1 Å². The molecule has 0 amide bonds. The van der Waals surface area contributed by atoms with Crippen molar-refractivity contribution in [2.45, 2.75) is 44.9 Å². The Bertz CT molecular complexity index is 388. The number of hydrogen-bond donors (Lipinski definition) is 1. The van der Waals surface area contributed by atoms with Gasteiger partial charge in [0.2, 0.25) is 5.88 Å². The number of hydrogen-bond acceptors (Lipinski definition) is 4. The van der Waals surface area contributed by atoms with Crippen molar-refractivity contribution in [2.24, 2.45) is 0 Å². The average molecular weight is 253 g/mol. The highest BCUT2D eigenvalue weighted by atomic mass is 19.1. The molecule has 2 atom stereocenters. The normalized spacial score (nSPS) is 24.9. The summed E-state index contributed by atoms with van der Waals surface area (Å²) in [6.07, 6.45) is -0.915. The third-order valence-corrected chi connectivity index (χ3v) is 3.03. The second kappa shape index (κ2) is 5.18. The molecule has 1 aromatic rings. The van der Waals surface area contributed by atoms with Crippen LogP contribution in [-0.4, -0.2) is 35.6 Å². The van der Waals surface area contributed by atoms with Gasteiger partial charge in [0.1, 0.15) is 12.3 Å². The fourth-order valence-electron chi connectivity index (χ4n) is 1.85. The average Bonchev–Trinajstić information content (AvgIpc) is 2.32. The summed E-state index contributed by atoms with van der Waals surface area (Å²) in [5, 5.41) is 11.2. The van der Waals surface area contributed by atoms with E-state index < -0.39 is 12.3 Å². The molecule has 1 aromatic heterocycles. The number of rotatable bonds is 2. The fourth-order valence-corrected chi connectivity index (χ4v) is 1.85. The Morgan fingerprint density at radius 2 is 2.11 bits per heavy atom. The predicted molar refractivity (Wildman–Crippen MR) is 67.5 cm³/mol. The van der Waals surface area contributed by atoms with Crippen molar-refractivity contribution in [3.63, 3.8) is 0 Å². The van der Waals surface area contributed by atoms with Crippen molar-refractivity contribution in [2.75, 3.05) is 13.1 Å². The van der Waals surface area contributed by atoms with Crippen molar-refractivity contribution >= 4 is 0 Å². The SMILES string of the molecule is CC(C)(C)c1ccc(O[C@H]2CNCC[C@@H]2F)nn1. The monoisotopic (exact) mass is 253 g/mol. The summed E-state index contributed by atoms with van der Waals surface area (Å²) < 4.78 is 19.1. The third kappa shape index (κ3) is 3.16. The van der Waals surface area contributed by atoms with Crippen LogP contribution in [0.3, 0.4) is 0 Å². The number of nitrogens with zero attached hydrogens (tertiary/aromatic N) is 2. The largest absolute Gasteiger partial charge is 0.469 e. The van der Waals surface area contributed by atoms with Crippen molar-refractivity contribution in [3.8, 4) is 5.88 Å². The van der Waals surface area contributed by atoms with E-state index in [4.69, 9.17) is 4.74 Å². The lowest BCUT2D eigenvalue weighted by Gasteiger charge is -2.26. The Morgan fingerprint density at radius 1 is 1.33 bits per heavy atom. The predicted octanol–water partition coefficient (Wildman–Crippen LogP) is 1.85. The Hall–Kier alpha value is -1.23. The molecule has 100 valence electrons. The summed E-state index contributed by atoms with van der Waals surface area (Å²) in [6.45, 7) is 7.43. The van der Waals surface area contributed by atoms with Crippen LogP contribution in [0.2, 0.25) is 0 Å². The molecule has 1 fully saturated rings. The molecule has 0 aromatic carbocycles. The van der Waals surface area contributed by atoms with Gasteiger partial charge in [-0.05, 0) is 19.0 Å². The minimum absolute atomic E-state index is 0.0411. The van der Waals surface area contributed by atoms with Crippen LogP contribution in [0.5, 0.6) is 5.88 Å². The highest BCUT2D eigenvalue weighted by Gasteiger charge is 2.26. The molecule has 4 nitrogen and oxygen atoms in total. The van der Waals surface area contributed by atoms with Crippen molar-refractivity contribution in [1.82, 2.24) is 15.5 Å². The van der Waals surface area contributed by atoms with Crippen LogP contribution >= 0.6 is 0 Å². The molecular formula is C13H20FN3O. The molecule has 2 rings (SSSR count). The lowest BCUT2D eigenvalue weighted by Crippen LogP contribution is -2.45. The topological polar surface area (TPSA) is 47.0 Å². The lowest BCUT2D eigenvalue weighted by molar-refractivity contribution is 0.0698. The van der Waals surface area contributed by atoms with Crippen molar-refractivity contribution in [3.05, 3.63) is 17.8 Å². The van der Waals surface area contributed by atoms with E-state index in [1.807, 2.05) is 6.07 Å². The minimum atomic E-state index is -0.935. The summed E-state index contributed by atoms with van der Waals surface area (Å²) in [5.41, 5.74) is 0.856. The fraction of sp³-hybridized carbons (Fsp3) is 0.692. The van der Waals surface area contributed by atoms with E-state index in [-0.39, 0.29) is 5.41 Å². The molecule has 1 aliphatic rings. The molecule has 0 aliphatic carbocycles. The van der Waals surface area contributed by atoms with E-state index >= 15 is 0 Å². The smallest absolute Gasteiger partial charge is 0.233 e. The first-order valence-electron chi connectivity index (χ1n) is 6.32. The third-order valence-electron chi connectivity index (χ3n) is 3.03. The summed E-state index contributed by atoms with van der Waals surface area (Å²) in [7, 11) is 0. The van der Waals surface area contributed by atoms with Crippen LogP contribution in [0.1, 0.15) is 32.9 Å². The number of piperidine rings is 1. The zero-order chi connectivity index (χ0) is 13.2. The highest BCUT2D eigenvalue weighted by molar-refractivity contribution is 5.17. The van der Waals surface area contributed by atoms with Gasteiger partial charge in [0.05, 0.1) is 5.69 Å². The maximum atomic E-state index is 13.6. The zero-order valence-corrected chi connectivity index (χ0v) is 11.1.